The highest BCUT2D eigenvalue weighted by Gasteiger charge is 2.09. The molecule has 0 aliphatic rings. The number of carbonyl (C=O) groups excluding carboxylic acids is 1. The number of rotatable bonds is 5. The van der Waals surface area contributed by atoms with Crippen molar-refractivity contribution >= 4 is 38.9 Å². The van der Waals surface area contributed by atoms with E-state index in [1.807, 2.05) is 0 Å². The molecule has 0 bridgehead atoms. The Labute approximate surface area is 117 Å². The molecule has 2 heterocycles. The van der Waals surface area contributed by atoms with E-state index >= 15 is 0 Å². The van der Waals surface area contributed by atoms with Gasteiger partial charge in [-0.25, -0.2) is 0 Å². The summed E-state index contributed by atoms with van der Waals surface area (Å²) in [6.07, 6.45) is 3.40. The first-order valence-corrected chi connectivity index (χ1v) is 6.93. The van der Waals surface area contributed by atoms with Gasteiger partial charge in [0.2, 0.25) is 0 Å². The number of nitrogens with one attached hydrogen (secondary N) is 1. The zero-order valence-electron chi connectivity index (χ0n) is 9.72. The van der Waals surface area contributed by atoms with Gasteiger partial charge in [0.05, 0.1) is 34.4 Å². The number of thiophene rings is 1. The SMILES string of the molecule is COCCn1cc(NC(=O)c2csc(Br)c2)cn1. The van der Waals surface area contributed by atoms with E-state index in [0.717, 1.165) is 3.79 Å². The van der Waals surface area contributed by atoms with Crippen molar-refractivity contribution in [3.05, 3.63) is 33.2 Å². The van der Waals surface area contributed by atoms with Gasteiger partial charge in [-0.15, -0.1) is 11.3 Å². The molecule has 0 unspecified atom stereocenters. The molecular formula is C11H12BrN3O2S. The van der Waals surface area contributed by atoms with Gasteiger partial charge in [0.25, 0.3) is 5.91 Å². The summed E-state index contributed by atoms with van der Waals surface area (Å²) in [6.45, 7) is 1.25. The largest absolute Gasteiger partial charge is 0.383 e. The topological polar surface area (TPSA) is 56.1 Å². The Bertz CT molecular complexity index is 538. The van der Waals surface area contributed by atoms with Gasteiger partial charge in [-0.2, -0.15) is 5.10 Å². The molecule has 0 saturated heterocycles. The van der Waals surface area contributed by atoms with Crippen LogP contribution < -0.4 is 5.32 Å². The second-order valence-corrected chi connectivity index (χ2v) is 5.87. The van der Waals surface area contributed by atoms with Crippen LogP contribution in [0, 0.1) is 0 Å². The molecule has 0 spiro atoms. The van der Waals surface area contributed by atoms with E-state index in [9.17, 15) is 4.79 Å². The minimum atomic E-state index is -0.136. The highest BCUT2D eigenvalue weighted by molar-refractivity contribution is 9.11. The third-order valence-electron chi connectivity index (χ3n) is 2.25. The van der Waals surface area contributed by atoms with E-state index in [4.69, 9.17) is 4.74 Å². The third kappa shape index (κ3) is 3.41. The summed E-state index contributed by atoms with van der Waals surface area (Å²) in [5.41, 5.74) is 1.31. The Kier molecular flexibility index (Phi) is 4.51. The maximum Gasteiger partial charge on any atom is 0.256 e. The fraction of sp³-hybridized carbons (Fsp3) is 0.273. The number of carbonyl (C=O) groups is 1. The lowest BCUT2D eigenvalue weighted by molar-refractivity contribution is 0.102. The maximum atomic E-state index is 11.9. The van der Waals surface area contributed by atoms with Crippen LogP contribution in [0.1, 0.15) is 10.4 Å². The highest BCUT2D eigenvalue weighted by atomic mass is 79.9. The van der Waals surface area contributed by atoms with Gasteiger partial charge in [0.15, 0.2) is 0 Å². The number of methoxy groups -OCH3 is 1. The van der Waals surface area contributed by atoms with Crippen molar-refractivity contribution in [3.63, 3.8) is 0 Å². The molecule has 0 saturated carbocycles. The number of halogens is 1. The number of anilines is 1. The second kappa shape index (κ2) is 6.12. The van der Waals surface area contributed by atoms with E-state index in [1.165, 1.54) is 11.3 Å². The van der Waals surface area contributed by atoms with Crippen LogP contribution in [0.2, 0.25) is 0 Å². The van der Waals surface area contributed by atoms with Crippen LogP contribution in [0.25, 0.3) is 0 Å². The lowest BCUT2D eigenvalue weighted by Crippen LogP contribution is -2.10. The van der Waals surface area contributed by atoms with Crippen molar-refractivity contribution < 1.29 is 9.53 Å². The quantitative estimate of drug-likeness (QED) is 0.917. The fourth-order valence-electron chi connectivity index (χ4n) is 1.37. The van der Waals surface area contributed by atoms with Crippen molar-refractivity contribution in [2.24, 2.45) is 0 Å². The Morgan fingerprint density at radius 2 is 2.50 bits per heavy atom. The van der Waals surface area contributed by atoms with Crippen molar-refractivity contribution in [1.82, 2.24) is 9.78 Å². The van der Waals surface area contributed by atoms with E-state index in [1.54, 1.807) is 35.6 Å². The predicted molar refractivity (Wildman–Crippen MR) is 74.1 cm³/mol. The summed E-state index contributed by atoms with van der Waals surface area (Å²) in [4.78, 5) is 11.9. The summed E-state index contributed by atoms with van der Waals surface area (Å²) >= 11 is 4.80. The van der Waals surface area contributed by atoms with E-state index < -0.39 is 0 Å². The monoisotopic (exact) mass is 329 g/mol. The molecule has 0 fully saturated rings. The summed E-state index contributed by atoms with van der Waals surface area (Å²) in [6, 6.07) is 1.79. The molecule has 1 N–H and O–H groups in total. The number of ether oxygens (including phenoxy) is 1. The first-order chi connectivity index (χ1) is 8.69. The smallest absolute Gasteiger partial charge is 0.256 e. The van der Waals surface area contributed by atoms with Gasteiger partial charge in [-0.05, 0) is 22.0 Å². The van der Waals surface area contributed by atoms with Gasteiger partial charge in [-0.1, -0.05) is 0 Å². The first-order valence-electron chi connectivity index (χ1n) is 5.26. The average molecular weight is 330 g/mol. The van der Waals surface area contributed by atoms with Crippen molar-refractivity contribution in [2.75, 3.05) is 19.0 Å². The molecule has 0 atom stereocenters. The molecule has 7 heteroatoms. The summed E-state index contributed by atoms with van der Waals surface area (Å²) in [5.74, 6) is -0.136. The van der Waals surface area contributed by atoms with Crippen LogP contribution in [0.5, 0.6) is 0 Å². The second-order valence-electron chi connectivity index (χ2n) is 3.58. The molecule has 96 valence electrons. The van der Waals surface area contributed by atoms with Crippen LogP contribution in [-0.2, 0) is 11.3 Å². The molecule has 2 aromatic heterocycles. The summed E-state index contributed by atoms with van der Waals surface area (Å²) < 4.78 is 7.61. The van der Waals surface area contributed by atoms with Crippen LogP contribution in [0.15, 0.2) is 27.6 Å². The van der Waals surface area contributed by atoms with E-state index in [-0.39, 0.29) is 5.91 Å². The number of nitrogens with zero attached hydrogens (tertiary/aromatic N) is 2. The number of hydrogen-bond acceptors (Lipinski definition) is 4. The van der Waals surface area contributed by atoms with E-state index in [2.05, 4.69) is 26.3 Å². The molecule has 0 aromatic carbocycles. The molecule has 0 aliphatic carbocycles. The van der Waals surface area contributed by atoms with E-state index in [0.29, 0.717) is 24.4 Å². The predicted octanol–water partition coefficient (Wildman–Crippen LogP) is 2.61. The van der Waals surface area contributed by atoms with Gasteiger partial charge in [-0.3, -0.25) is 9.48 Å². The van der Waals surface area contributed by atoms with Crippen LogP contribution in [-0.4, -0.2) is 29.4 Å². The minimum absolute atomic E-state index is 0.136. The van der Waals surface area contributed by atoms with Crippen LogP contribution >= 0.6 is 27.3 Å². The molecule has 0 aliphatic heterocycles. The number of amides is 1. The molecule has 5 nitrogen and oxygen atoms in total. The summed E-state index contributed by atoms with van der Waals surface area (Å²) in [7, 11) is 1.64. The van der Waals surface area contributed by atoms with Gasteiger partial charge in [0, 0.05) is 18.7 Å². The van der Waals surface area contributed by atoms with Crippen molar-refractivity contribution in [1.29, 1.82) is 0 Å². The minimum Gasteiger partial charge on any atom is -0.383 e. The number of aromatic nitrogens is 2. The van der Waals surface area contributed by atoms with Gasteiger partial charge in [0.1, 0.15) is 0 Å². The zero-order valence-corrected chi connectivity index (χ0v) is 12.1. The van der Waals surface area contributed by atoms with Crippen molar-refractivity contribution in [2.45, 2.75) is 6.54 Å². The standard InChI is InChI=1S/C11H12BrN3O2S/c1-17-3-2-15-6-9(5-13-15)14-11(16)8-4-10(12)18-7-8/h4-7H,2-3H2,1H3,(H,14,16). The Morgan fingerprint density at radius 3 is 3.17 bits per heavy atom. The van der Waals surface area contributed by atoms with Gasteiger partial charge < -0.3 is 10.1 Å². The first kappa shape index (κ1) is 13.3. The molecule has 0 radical (unpaired) electrons. The Hall–Kier alpha value is -1.18. The Balaban J connectivity index is 1.97. The highest BCUT2D eigenvalue weighted by Crippen LogP contribution is 2.21. The average Bonchev–Trinajstić information content (AvgIpc) is 2.96. The molecule has 18 heavy (non-hydrogen) atoms. The van der Waals surface area contributed by atoms with Crippen LogP contribution in [0.4, 0.5) is 5.69 Å². The molecule has 2 aromatic rings. The van der Waals surface area contributed by atoms with Crippen LogP contribution in [0.3, 0.4) is 0 Å². The molecule has 2 rings (SSSR count). The fourth-order valence-corrected chi connectivity index (χ4v) is 2.50. The van der Waals surface area contributed by atoms with Crippen molar-refractivity contribution in [3.8, 4) is 0 Å². The normalized spacial score (nSPS) is 10.6. The number of hydrogen-bond donors (Lipinski definition) is 1. The maximum absolute atomic E-state index is 11.9. The molecular weight excluding hydrogens is 318 g/mol. The lowest BCUT2D eigenvalue weighted by atomic mass is 10.3. The molecule has 1 amide bonds. The Morgan fingerprint density at radius 1 is 1.67 bits per heavy atom. The zero-order chi connectivity index (χ0) is 13.0. The van der Waals surface area contributed by atoms with Gasteiger partial charge >= 0.3 is 0 Å². The summed E-state index contributed by atoms with van der Waals surface area (Å²) in [5, 5.41) is 8.71. The lowest BCUT2D eigenvalue weighted by Gasteiger charge is -2.00. The third-order valence-corrected chi connectivity index (χ3v) is 3.75.